The zero-order valence-corrected chi connectivity index (χ0v) is 11.8. The Morgan fingerprint density at radius 3 is 2.72 bits per heavy atom. The fraction of sp³-hybridized carbons (Fsp3) is 0.625. The van der Waals surface area contributed by atoms with E-state index in [9.17, 15) is 0 Å². The Kier molecular flexibility index (Phi) is 5.21. The molecule has 0 radical (unpaired) electrons. The summed E-state index contributed by atoms with van der Waals surface area (Å²) in [6, 6.07) is 9.60. The second-order valence-corrected chi connectivity index (χ2v) is 5.58. The van der Waals surface area contributed by atoms with E-state index < -0.39 is 0 Å². The zero-order chi connectivity index (χ0) is 12.8. The van der Waals surface area contributed by atoms with Crippen LogP contribution in [0.5, 0.6) is 0 Å². The minimum Gasteiger partial charge on any atom is -0.313 e. The van der Waals surface area contributed by atoms with Gasteiger partial charge in [0.2, 0.25) is 0 Å². The molecule has 18 heavy (non-hydrogen) atoms. The SMILES string of the molecule is Cc1ccc(CNCCC2CCCCN2C)cc1. The Labute approximate surface area is 111 Å². The number of hydrogen-bond acceptors (Lipinski definition) is 2. The normalized spacial score (nSPS) is 21.1. The topological polar surface area (TPSA) is 15.3 Å². The van der Waals surface area contributed by atoms with Gasteiger partial charge in [-0.3, -0.25) is 0 Å². The summed E-state index contributed by atoms with van der Waals surface area (Å²) in [6.07, 6.45) is 5.45. The summed E-state index contributed by atoms with van der Waals surface area (Å²) < 4.78 is 0. The van der Waals surface area contributed by atoms with Gasteiger partial charge in [0, 0.05) is 12.6 Å². The molecule has 1 heterocycles. The van der Waals surface area contributed by atoms with Gasteiger partial charge in [0.25, 0.3) is 0 Å². The van der Waals surface area contributed by atoms with Crippen LogP contribution in [-0.4, -0.2) is 31.1 Å². The molecule has 0 bridgehead atoms. The second-order valence-electron chi connectivity index (χ2n) is 5.58. The van der Waals surface area contributed by atoms with Gasteiger partial charge in [-0.15, -0.1) is 0 Å². The number of nitrogens with zero attached hydrogens (tertiary/aromatic N) is 1. The molecule has 1 unspecified atom stereocenters. The molecule has 1 fully saturated rings. The van der Waals surface area contributed by atoms with Crippen LogP contribution in [-0.2, 0) is 6.54 Å². The molecule has 1 aromatic rings. The number of rotatable bonds is 5. The first kappa shape index (κ1) is 13.6. The predicted octanol–water partition coefficient (Wildman–Crippen LogP) is 2.96. The van der Waals surface area contributed by atoms with Crippen LogP contribution >= 0.6 is 0 Å². The standard InChI is InChI=1S/C16H26N2/c1-14-6-8-15(9-7-14)13-17-11-10-16-5-3-4-12-18(16)2/h6-9,16-17H,3-5,10-13H2,1-2H3. The molecular formula is C16H26N2. The second kappa shape index (κ2) is 6.91. The third-order valence-corrected chi connectivity index (χ3v) is 4.03. The van der Waals surface area contributed by atoms with Crippen molar-refractivity contribution in [1.29, 1.82) is 0 Å². The maximum Gasteiger partial charge on any atom is 0.0205 e. The molecular weight excluding hydrogens is 220 g/mol. The zero-order valence-electron chi connectivity index (χ0n) is 11.8. The molecule has 1 aliphatic heterocycles. The predicted molar refractivity (Wildman–Crippen MR) is 77.8 cm³/mol. The average molecular weight is 246 g/mol. The van der Waals surface area contributed by atoms with E-state index in [1.165, 1.54) is 43.4 Å². The molecule has 1 N–H and O–H groups in total. The van der Waals surface area contributed by atoms with Gasteiger partial charge in [0.1, 0.15) is 0 Å². The van der Waals surface area contributed by atoms with Crippen LogP contribution in [0.1, 0.15) is 36.8 Å². The maximum absolute atomic E-state index is 3.56. The highest BCUT2D eigenvalue weighted by molar-refractivity contribution is 5.20. The molecule has 0 saturated carbocycles. The van der Waals surface area contributed by atoms with E-state index in [0.29, 0.717) is 0 Å². The van der Waals surface area contributed by atoms with Crippen molar-refractivity contribution in [3.63, 3.8) is 0 Å². The first-order chi connectivity index (χ1) is 8.75. The highest BCUT2D eigenvalue weighted by Gasteiger charge is 2.17. The van der Waals surface area contributed by atoms with Crippen LogP contribution in [0, 0.1) is 6.92 Å². The van der Waals surface area contributed by atoms with Crippen molar-refractivity contribution < 1.29 is 0 Å². The van der Waals surface area contributed by atoms with Crippen molar-refractivity contribution in [1.82, 2.24) is 10.2 Å². The molecule has 2 heteroatoms. The molecule has 0 aromatic heterocycles. The molecule has 1 aromatic carbocycles. The number of nitrogens with one attached hydrogen (secondary N) is 1. The van der Waals surface area contributed by atoms with Gasteiger partial charge in [-0.05, 0) is 51.9 Å². The summed E-state index contributed by atoms with van der Waals surface area (Å²) in [4.78, 5) is 2.52. The first-order valence-corrected chi connectivity index (χ1v) is 7.22. The number of aryl methyl sites for hydroxylation is 1. The van der Waals surface area contributed by atoms with Crippen molar-refractivity contribution >= 4 is 0 Å². The minimum absolute atomic E-state index is 0.796. The molecule has 0 amide bonds. The minimum atomic E-state index is 0.796. The molecule has 2 nitrogen and oxygen atoms in total. The van der Waals surface area contributed by atoms with Crippen LogP contribution in [0.2, 0.25) is 0 Å². The number of likely N-dealkylation sites (tertiary alicyclic amines) is 1. The van der Waals surface area contributed by atoms with Gasteiger partial charge in [0.05, 0.1) is 0 Å². The molecule has 1 atom stereocenters. The molecule has 0 spiro atoms. The number of benzene rings is 1. The van der Waals surface area contributed by atoms with Gasteiger partial charge in [-0.2, -0.15) is 0 Å². The van der Waals surface area contributed by atoms with E-state index >= 15 is 0 Å². The average Bonchev–Trinajstić information content (AvgIpc) is 2.39. The van der Waals surface area contributed by atoms with E-state index in [4.69, 9.17) is 0 Å². The largest absolute Gasteiger partial charge is 0.313 e. The summed E-state index contributed by atoms with van der Waals surface area (Å²) in [5.74, 6) is 0. The van der Waals surface area contributed by atoms with Crippen LogP contribution in [0.25, 0.3) is 0 Å². The summed E-state index contributed by atoms with van der Waals surface area (Å²) in [6.45, 7) is 5.54. The number of hydrogen-bond donors (Lipinski definition) is 1. The molecule has 1 saturated heterocycles. The highest BCUT2D eigenvalue weighted by atomic mass is 15.1. The van der Waals surface area contributed by atoms with Gasteiger partial charge in [0.15, 0.2) is 0 Å². The van der Waals surface area contributed by atoms with Crippen LogP contribution < -0.4 is 5.32 Å². The quantitative estimate of drug-likeness (QED) is 0.804. The van der Waals surface area contributed by atoms with E-state index in [2.05, 4.69) is 48.5 Å². The Bertz CT molecular complexity index is 345. The monoisotopic (exact) mass is 246 g/mol. The van der Waals surface area contributed by atoms with E-state index in [0.717, 1.165) is 19.1 Å². The Morgan fingerprint density at radius 1 is 1.22 bits per heavy atom. The molecule has 100 valence electrons. The summed E-state index contributed by atoms with van der Waals surface area (Å²) in [5, 5.41) is 3.56. The lowest BCUT2D eigenvalue weighted by Gasteiger charge is -2.32. The Balaban J connectivity index is 1.65. The summed E-state index contributed by atoms with van der Waals surface area (Å²) in [5.41, 5.74) is 2.72. The lowest BCUT2D eigenvalue weighted by atomic mass is 10.0. The van der Waals surface area contributed by atoms with Crippen LogP contribution in [0.4, 0.5) is 0 Å². The highest BCUT2D eigenvalue weighted by Crippen LogP contribution is 2.17. The van der Waals surface area contributed by atoms with Crippen molar-refractivity contribution in [2.45, 2.75) is 45.2 Å². The van der Waals surface area contributed by atoms with Crippen molar-refractivity contribution in [3.8, 4) is 0 Å². The van der Waals surface area contributed by atoms with Crippen molar-refractivity contribution in [3.05, 3.63) is 35.4 Å². The van der Waals surface area contributed by atoms with Crippen LogP contribution in [0.15, 0.2) is 24.3 Å². The van der Waals surface area contributed by atoms with E-state index in [1.54, 1.807) is 0 Å². The fourth-order valence-corrected chi connectivity index (χ4v) is 2.72. The smallest absolute Gasteiger partial charge is 0.0205 e. The van der Waals surface area contributed by atoms with Crippen molar-refractivity contribution in [2.24, 2.45) is 0 Å². The Morgan fingerprint density at radius 2 is 2.00 bits per heavy atom. The van der Waals surface area contributed by atoms with Crippen molar-refractivity contribution in [2.75, 3.05) is 20.1 Å². The number of piperidine rings is 1. The summed E-state index contributed by atoms with van der Waals surface area (Å²) >= 11 is 0. The van der Waals surface area contributed by atoms with Crippen LogP contribution in [0.3, 0.4) is 0 Å². The lowest BCUT2D eigenvalue weighted by Crippen LogP contribution is -2.38. The Hall–Kier alpha value is -0.860. The molecule has 2 rings (SSSR count). The maximum atomic E-state index is 3.56. The van der Waals surface area contributed by atoms with E-state index in [-0.39, 0.29) is 0 Å². The van der Waals surface area contributed by atoms with E-state index in [1.807, 2.05) is 0 Å². The van der Waals surface area contributed by atoms with Gasteiger partial charge < -0.3 is 10.2 Å². The van der Waals surface area contributed by atoms with Gasteiger partial charge >= 0.3 is 0 Å². The summed E-state index contributed by atoms with van der Waals surface area (Å²) in [7, 11) is 2.27. The van der Waals surface area contributed by atoms with Gasteiger partial charge in [-0.25, -0.2) is 0 Å². The molecule has 0 aliphatic carbocycles. The fourth-order valence-electron chi connectivity index (χ4n) is 2.72. The molecule has 1 aliphatic rings. The lowest BCUT2D eigenvalue weighted by molar-refractivity contribution is 0.175. The third kappa shape index (κ3) is 4.11. The third-order valence-electron chi connectivity index (χ3n) is 4.03. The van der Waals surface area contributed by atoms with Gasteiger partial charge in [-0.1, -0.05) is 36.2 Å². The first-order valence-electron chi connectivity index (χ1n) is 7.22.